The molecule has 0 spiro atoms. The van der Waals surface area contributed by atoms with Crippen molar-refractivity contribution in [1.82, 2.24) is 4.90 Å². The highest BCUT2D eigenvalue weighted by Crippen LogP contribution is 2.18. The largest absolute Gasteiger partial charge is 0.383 e. The van der Waals surface area contributed by atoms with Crippen molar-refractivity contribution in [2.24, 2.45) is 5.92 Å². The van der Waals surface area contributed by atoms with Crippen LogP contribution < -0.4 is 0 Å². The Labute approximate surface area is 77.8 Å². The number of hydrogen-bond donors (Lipinski definition) is 0. The van der Waals surface area contributed by atoms with Crippen LogP contribution in [0.5, 0.6) is 0 Å². The van der Waals surface area contributed by atoms with Crippen LogP contribution in [0.25, 0.3) is 0 Å². The van der Waals surface area contributed by atoms with Gasteiger partial charge >= 0.3 is 0 Å². The number of amides is 1. The lowest BCUT2D eigenvalue weighted by Crippen LogP contribution is -2.37. The summed E-state index contributed by atoms with van der Waals surface area (Å²) in [6.45, 7) is 3.00. The number of aldehydes is 1. The maximum absolute atomic E-state index is 11.4. The molecule has 0 aromatic carbocycles. The first-order valence-corrected chi connectivity index (χ1v) is 4.42. The average Bonchev–Trinajstić information content (AvgIpc) is 2.47. The van der Waals surface area contributed by atoms with E-state index in [-0.39, 0.29) is 17.9 Å². The van der Waals surface area contributed by atoms with E-state index in [9.17, 15) is 9.59 Å². The van der Waals surface area contributed by atoms with Gasteiger partial charge in [-0.15, -0.1) is 0 Å². The van der Waals surface area contributed by atoms with Gasteiger partial charge in [0.1, 0.15) is 6.29 Å². The fraction of sp³-hybridized carbons (Fsp3) is 0.778. The molecule has 1 heterocycles. The van der Waals surface area contributed by atoms with Gasteiger partial charge in [-0.05, 0) is 6.92 Å². The van der Waals surface area contributed by atoms with Crippen molar-refractivity contribution in [1.29, 1.82) is 0 Å². The normalized spacial score (nSPS) is 24.9. The summed E-state index contributed by atoms with van der Waals surface area (Å²) in [5.74, 6) is -0.0616. The molecule has 1 amide bonds. The Kier molecular flexibility index (Phi) is 3.42. The molecule has 0 aliphatic carbocycles. The zero-order valence-corrected chi connectivity index (χ0v) is 8.03. The van der Waals surface area contributed by atoms with Gasteiger partial charge in [-0.2, -0.15) is 0 Å². The second kappa shape index (κ2) is 4.37. The lowest BCUT2D eigenvalue weighted by atomic mass is 10.1. The van der Waals surface area contributed by atoms with E-state index >= 15 is 0 Å². The van der Waals surface area contributed by atoms with E-state index in [4.69, 9.17) is 4.74 Å². The van der Waals surface area contributed by atoms with Crippen molar-refractivity contribution in [3.05, 3.63) is 0 Å². The molecule has 4 heteroatoms. The number of carbonyl (C=O) groups is 2. The second-order valence-electron chi connectivity index (χ2n) is 3.45. The van der Waals surface area contributed by atoms with E-state index in [2.05, 4.69) is 0 Å². The van der Waals surface area contributed by atoms with Gasteiger partial charge in [0.2, 0.25) is 5.91 Å². The maximum Gasteiger partial charge on any atom is 0.223 e. The van der Waals surface area contributed by atoms with E-state index < -0.39 is 0 Å². The van der Waals surface area contributed by atoms with Crippen molar-refractivity contribution in [3.8, 4) is 0 Å². The van der Waals surface area contributed by atoms with Crippen LogP contribution in [0, 0.1) is 5.92 Å². The summed E-state index contributed by atoms with van der Waals surface area (Å²) in [4.78, 5) is 23.6. The number of likely N-dealkylation sites (tertiary alicyclic amines) is 1. The monoisotopic (exact) mass is 185 g/mol. The van der Waals surface area contributed by atoms with Crippen LogP contribution in [0.1, 0.15) is 13.3 Å². The molecule has 1 aliphatic rings. The molecule has 0 bridgehead atoms. The fourth-order valence-corrected chi connectivity index (χ4v) is 1.61. The highest BCUT2D eigenvalue weighted by molar-refractivity contribution is 5.82. The lowest BCUT2D eigenvalue weighted by Gasteiger charge is -2.23. The summed E-state index contributed by atoms with van der Waals surface area (Å²) < 4.78 is 4.95. The van der Waals surface area contributed by atoms with Crippen LogP contribution in [-0.4, -0.2) is 43.4 Å². The predicted octanol–water partition coefficient (Wildman–Crippen LogP) is 0.0687. The summed E-state index contributed by atoms with van der Waals surface area (Å²) in [5.41, 5.74) is 0. The standard InChI is InChI=1S/C9H15NO3/c1-7(6-13-2)10-4-8(5-11)3-9(10)12/h5,7-8H,3-4,6H2,1-2H3. The van der Waals surface area contributed by atoms with Crippen LogP contribution >= 0.6 is 0 Å². The molecule has 0 aromatic heterocycles. The fourth-order valence-electron chi connectivity index (χ4n) is 1.61. The van der Waals surface area contributed by atoms with Gasteiger partial charge in [-0.25, -0.2) is 0 Å². The number of carbonyl (C=O) groups excluding carboxylic acids is 2. The zero-order valence-electron chi connectivity index (χ0n) is 8.03. The predicted molar refractivity (Wildman–Crippen MR) is 47.2 cm³/mol. The van der Waals surface area contributed by atoms with Crippen molar-refractivity contribution >= 4 is 12.2 Å². The van der Waals surface area contributed by atoms with E-state index in [1.807, 2.05) is 6.92 Å². The van der Waals surface area contributed by atoms with E-state index in [0.29, 0.717) is 19.6 Å². The Hall–Kier alpha value is -0.900. The first-order chi connectivity index (χ1) is 6.19. The highest BCUT2D eigenvalue weighted by atomic mass is 16.5. The van der Waals surface area contributed by atoms with Crippen molar-refractivity contribution in [2.75, 3.05) is 20.3 Å². The molecule has 1 rings (SSSR count). The van der Waals surface area contributed by atoms with Gasteiger partial charge in [0.25, 0.3) is 0 Å². The van der Waals surface area contributed by atoms with Gasteiger partial charge in [0.05, 0.1) is 12.6 Å². The van der Waals surface area contributed by atoms with Crippen molar-refractivity contribution < 1.29 is 14.3 Å². The highest BCUT2D eigenvalue weighted by Gasteiger charge is 2.31. The minimum Gasteiger partial charge on any atom is -0.383 e. The molecule has 0 saturated carbocycles. The third-order valence-corrected chi connectivity index (χ3v) is 2.32. The summed E-state index contributed by atoms with van der Waals surface area (Å²) in [6, 6.07) is 0.0717. The van der Waals surface area contributed by atoms with Gasteiger partial charge in [-0.3, -0.25) is 4.79 Å². The van der Waals surface area contributed by atoms with Crippen LogP contribution in [0.4, 0.5) is 0 Å². The Bertz CT molecular complexity index is 205. The molecule has 0 aromatic rings. The third-order valence-electron chi connectivity index (χ3n) is 2.32. The summed E-state index contributed by atoms with van der Waals surface area (Å²) in [7, 11) is 1.61. The Balaban J connectivity index is 2.51. The average molecular weight is 185 g/mol. The van der Waals surface area contributed by atoms with Gasteiger partial charge in [0.15, 0.2) is 0 Å². The first-order valence-electron chi connectivity index (χ1n) is 4.42. The van der Waals surface area contributed by atoms with Crippen molar-refractivity contribution in [2.45, 2.75) is 19.4 Å². The molecule has 1 saturated heterocycles. The number of ether oxygens (including phenoxy) is 1. The first kappa shape index (κ1) is 10.2. The van der Waals surface area contributed by atoms with Crippen LogP contribution in [0.2, 0.25) is 0 Å². The molecule has 2 unspecified atom stereocenters. The number of hydrogen-bond acceptors (Lipinski definition) is 3. The summed E-state index contributed by atoms with van der Waals surface area (Å²) in [6.07, 6.45) is 1.22. The second-order valence-corrected chi connectivity index (χ2v) is 3.45. The quantitative estimate of drug-likeness (QED) is 0.582. The molecular formula is C9H15NO3. The number of nitrogens with zero attached hydrogens (tertiary/aromatic N) is 1. The summed E-state index contributed by atoms with van der Waals surface area (Å²) in [5, 5.41) is 0. The Morgan fingerprint density at radius 1 is 1.77 bits per heavy atom. The lowest BCUT2D eigenvalue weighted by molar-refractivity contribution is -0.130. The Morgan fingerprint density at radius 2 is 2.46 bits per heavy atom. The van der Waals surface area contributed by atoms with Crippen LogP contribution in [0.3, 0.4) is 0 Å². The maximum atomic E-state index is 11.4. The van der Waals surface area contributed by atoms with E-state index in [1.165, 1.54) is 0 Å². The van der Waals surface area contributed by atoms with Gasteiger partial charge in [-0.1, -0.05) is 0 Å². The van der Waals surface area contributed by atoms with Crippen molar-refractivity contribution in [3.63, 3.8) is 0 Å². The molecule has 4 nitrogen and oxygen atoms in total. The third kappa shape index (κ3) is 2.28. The minimum atomic E-state index is -0.119. The van der Waals surface area contributed by atoms with Gasteiger partial charge < -0.3 is 14.4 Å². The molecule has 0 radical (unpaired) electrons. The SMILES string of the molecule is COCC(C)N1CC(C=O)CC1=O. The van der Waals surface area contributed by atoms with Gasteiger partial charge in [0, 0.05) is 26.0 Å². The molecule has 0 N–H and O–H groups in total. The molecule has 2 atom stereocenters. The smallest absolute Gasteiger partial charge is 0.223 e. The molecule has 74 valence electrons. The molecule has 1 fully saturated rings. The van der Waals surface area contributed by atoms with E-state index in [0.717, 1.165) is 6.29 Å². The topological polar surface area (TPSA) is 46.6 Å². The number of methoxy groups -OCH3 is 1. The van der Waals surface area contributed by atoms with Crippen LogP contribution in [-0.2, 0) is 14.3 Å². The molecule has 1 aliphatic heterocycles. The zero-order chi connectivity index (χ0) is 9.84. The minimum absolute atomic E-state index is 0.0571. The van der Waals surface area contributed by atoms with E-state index in [1.54, 1.807) is 12.0 Å². The molecular weight excluding hydrogens is 170 g/mol. The van der Waals surface area contributed by atoms with Crippen LogP contribution in [0.15, 0.2) is 0 Å². The summed E-state index contributed by atoms with van der Waals surface area (Å²) >= 11 is 0. The number of rotatable bonds is 4. The molecule has 13 heavy (non-hydrogen) atoms. The Morgan fingerprint density at radius 3 is 2.92 bits per heavy atom.